The molecule has 0 aliphatic rings. The van der Waals surface area contributed by atoms with Crippen LogP contribution in [0.15, 0.2) is 91.0 Å². The van der Waals surface area contributed by atoms with E-state index in [2.05, 4.69) is 57.5 Å². The highest BCUT2D eigenvalue weighted by Crippen LogP contribution is 2.22. The van der Waals surface area contributed by atoms with Crippen molar-refractivity contribution in [1.29, 1.82) is 0 Å². The average Bonchev–Trinajstić information content (AvgIpc) is 2.97. The lowest BCUT2D eigenvalue weighted by Gasteiger charge is -2.13. The maximum atomic E-state index is 13.3. The summed E-state index contributed by atoms with van der Waals surface area (Å²) < 4.78 is 0. The highest BCUT2D eigenvalue weighted by Gasteiger charge is 2.18. The topological polar surface area (TPSA) is 87.3 Å². The molecule has 3 N–H and O–H groups in total. The van der Waals surface area contributed by atoms with Crippen molar-refractivity contribution in [3.63, 3.8) is 0 Å². The third kappa shape index (κ3) is 7.72. The molecule has 4 aromatic rings. The van der Waals surface area contributed by atoms with Crippen LogP contribution in [-0.2, 0) is 0 Å². The third-order valence-electron chi connectivity index (χ3n) is 7.23. The molecule has 4 aromatic carbocycles. The zero-order valence-electron chi connectivity index (χ0n) is 25.1. The highest BCUT2D eigenvalue weighted by atomic mass is 16.2. The number of benzene rings is 4. The van der Waals surface area contributed by atoms with Crippen LogP contribution in [0, 0.1) is 0 Å². The summed E-state index contributed by atoms with van der Waals surface area (Å²) in [6.45, 7) is 12.6. The average molecular weight is 562 g/mol. The summed E-state index contributed by atoms with van der Waals surface area (Å²) in [7, 11) is 0. The van der Waals surface area contributed by atoms with Gasteiger partial charge in [-0.25, -0.2) is 0 Å². The standard InChI is InChI=1S/C36H39N3O3/c1-22(2)25-7-13-31(14-8-25)37-34(40)28-19-29(35(41)38-32-15-9-26(10-16-32)23(3)4)21-30(20-28)36(42)39-33-17-11-27(12-18-33)24(5)6/h7-24H,1-6H3,(H,37,40)(H,38,41)(H,39,42). The lowest BCUT2D eigenvalue weighted by atomic mass is 10.0. The van der Waals surface area contributed by atoms with Crippen molar-refractivity contribution in [2.24, 2.45) is 0 Å². The van der Waals surface area contributed by atoms with Crippen molar-refractivity contribution in [2.75, 3.05) is 16.0 Å². The van der Waals surface area contributed by atoms with Crippen LogP contribution >= 0.6 is 0 Å². The molecule has 0 saturated heterocycles. The van der Waals surface area contributed by atoms with Gasteiger partial charge in [0.05, 0.1) is 0 Å². The Kier molecular flexibility index (Phi) is 9.58. The van der Waals surface area contributed by atoms with Gasteiger partial charge in [0.15, 0.2) is 0 Å². The Morgan fingerprint density at radius 1 is 0.405 bits per heavy atom. The van der Waals surface area contributed by atoms with Crippen LogP contribution < -0.4 is 16.0 Å². The molecule has 0 fully saturated rings. The van der Waals surface area contributed by atoms with Crippen LogP contribution in [-0.4, -0.2) is 17.7 Å². The van der Waals surface area contributed by atoms with E-state index in [1.165, 1.54) is 18.2 Å². The lowest BCUT2D eigenvalue weighted by Crippen LogP contribution is -2.19. The number of carbonyl (C=O) groups excluding carboxylic acids is 3. The molecule has 0 spiro atoms. The summed E-state index contributed by atoms with van der Waals surface area (Å²) in [5.74, 6) is -0.145. The fourth-order valence-electron chi connectivity index (χ4n) is 4.48. The van der Waals surface area contributed by atoms with Gasteiger partial charge in [-0.05, 0) is 89.0 Å². The second-order valence-electron chi connectivity index (χ2n) is 11.5. The molecule has 0 unspecified atom stereocenters. The quantitative estimate of drug-likeness (QED) is 0.191. The van der Waals surface area contributed by atoms with Crippen molar-refractivity contribution in [2.45, 2.75) is 59.3 Å². The predicted molar refractivity (Wildman–Crippen MR) is 172 cm³/mol. The maximum absolute atomic E-state index is 13.3. The minimum absolute atomic E-state index is 0.200. The first kappa shape index (κ1) is 30.3. The fraction of sp³-hybridized carbons (Fsp3) is 0.250. The summed E-state index contributed by atoms with van der Waals surface area (Å²) in [6.07, 6.45) is 0. The summed E-state index contributed by atoms with van der Waals surface area (Å²) in [5.41, 5.74) is 5.96. The number of anilines is 3. The number of nitrogens with one attached hydrogen (secondary N) is 3. The van der Waals surface area contributed by atoms with E-state index in [0.29, 0.717) is 34.8 Å². The largest absolute Gasteiger partial charge is 0.322 e. The van der Waals surface area contributed by atoms with Crippen LogP contribution in [0.2, 0.25) is 0 Å². The number of rotatable bonds is 9. The Morgan fingerprint density at radius 3 is 0.810 bits per heavy atom. The minimum atomic E-state index is -0.418. The Morgan fingerprint density at radius 2 is 0.619 bits per heavy atom. The van der Waals surface area contributed by atoms with E-state index in [1.54, 1.807) is 0 Å². The Balaban J connectivity index is 1.62. The number of carbonyl (C=O) groups is 3. The first-order valence-corrected chi connectivity index (χ1v) is 14.4. The van der Waals surface area contributed by atoms with E-state index in [1.807, 2.05) is 72.8 Å². The van der Waals surface area contributed by atoms with Crippen molar-refractivity contribution in [1.82, 2.24) is 0 Å². The van der Waals surface area contributed by atoms with Crippen LogP contribution in [0.25, 0.3) is 0 Å². The molecule has 0 aromatic heterocycles. The summed E-state index contributed by atoms with van der Waals surface area (Å²) in [5, 5.41) is 8.66. The molecule has 0 heterocycles. The molecule has 216 valence electrons. The minimum Gasteiger partial charge on any atom is -0.322 e. The molecular formula is C36H39N3O3. The monoisotopic (exact) mass is 561 g/mol. The highest BCUT2D eigenvalue weighted by molar-refractivity contribution is 6.12. The van der Waals surface area contributed by atoms with E-state index in [0.717, 1.165) is 16.7 Å². The van der Waals surface area contributed by atoms with Crippen molar-refractivity contribution in [3.05, 3.63) is 124 Å². The maximum Gasteiger partial charge on any atom is 0.255 e. The van der Waals surface area contributed by atoms with Gasteiger partial charge in [0.25, 0.3) is 17.7 Å². The lowest BCUT2D eigenvalue weighted by molar-refractivity contribution is 0.102. The van der Waals surface area contributed by atoms with E-state index in [4.69, 9.17) is 0 Å². The fourth-order valence-corrected chi connectivity index (χ4v) is 4.48. The van der Waals surface area contributed by atoms with Crippen molar-refractivity contribution in [3.8, 4) is 0 Å². The number of hydrogen-bond acceptors (Lipinski definition) is 3. The van der Waals surface area contributed by atoms with Gasteiger partial charge in [-0.15, -0.1) is 0 Å². The van der Waals surface area contributed by atoms with Crippen molar-refractivity contribution < 1.29 is 14.4 Å². The molecule has 0 bridgehead atoms. The molecule has 6 nitrogen and oxygen atoms in total. The van der Waals surface area contributed by atoms with Gasteiger partial charge < -0.3 is 16.0 Å². The van der Waals surface area contributed by atoms with Gasteiger partial charge in [0, 0.05) is 33.8 Å². The molecule has 0 aliphatic carbocycles. The smallest absolute Gasteiger partial charge is 0.255 e. The van der Waals surface area contributed by atoms with Crippen LogP contribution in [0.5, 0.6) is 0 Å². The Bertz CT molecular complexity index is 1350. The van der Waals surface area contributed by atoms with E-state index < -0.39 is 17.7 Å². The van der Waals surface area contributed by atoms with Gasteiger partial charge in [-0.2, -0.15) is 0 Å². The summed E-state index contributed by atoms with van der Waals surface area (Å²) in [4.78, 5) is 40.0. The van der Waals surface area contributed by atoms with Crippen molar-refractivity contribution >= 4 is 34.8 Å². The van der Waals surface area contributed by atoms with E-state index in [-0.39, 0.29) is 16.7 Å². The Hall–Kier alpha value is -4.71. The molecule has 0 radical (unpaired) electrons. The second kappa shape index (κ2) is 13.3. The normalized spacial score (nSPS) is 11.1. The first-order chi connectivity index (χ1) is 20.0. The number of amides is 3. The van der Waals surface area contributed by atoms with Gasteiger partial charge in [-0.3, -0.25) is 14.4 Å². The number of hydrogen-bond donors (Lipinski definition) is 3. The van der Waals surface area contributed by atoms with Gasteiger partial charge in [-0.1, -0.05) is 77.9 Å². The van der Waals surface area contributed by atoms with E-state index in [9.17, 15) is 14.4 Å². The van der Waals surface area contributed by atoms with E-state index >= 15 is 0 Å². The van der Waals surface area contributed by atoms with Crippen LogP contribution in [0.3, 0.4) is 0 Å². The summed E-state index contributed by atoms with van der Waals surface area (Å²) in [6, 6.07) is 27.4. The molecular weight excluding hydrogens is 522 g/mol. The molecule has 0 aliphatic heterocycles. The zero-order valence-corrected chi connectivity index (χ0v) is 25.1. The molecule has 42 heavy (non-hydrogen) atoms. The molecule has 4 rings (SSSR count). The summed E-state index contributed by atoms with van der Waals surface area (Å²) >= 11 is 0. The van der Waals surface area contributed by atoms with Gasteiger partial charge >= 0.3 is 0 Å². The SMILES string of the molecule is CC(C)c1ccc(NC(=O)c2cc(C(=O)Nc3ccc(C(C)C)cc3)cc(C(=O)Nc3ccc(C(C)C)cc3)c2)cc1. The molecule has 0 atom stereocenters. The second-order valence-corrected chi connectivity index (χ2v) is 11.5. The molecule has 3 amide bonds. The molecule has 0 saturated carbocycles. The predicted octanol–water partition coefficient (Wildman–Crippen LogP) is 8.81. The molecule has 6 heteroatoms. The van der Waals surface area contributed by atoms with Gasteiger partial charge in [0.2, 0.25) is 0 Å². The van der Waals surface area contributed by atoms with Crippen LogP contribution in [0.4, 0.5) is 17.1 Å². The first-order valence-electron chi connectivity index (χ1n) is 14.4. The zero-order chi connectivity index (χ0) is 30.4. The Labute approximate surface area is 248 Å². The third-order valence-corrected chi connectivity index (χ3v) is 7.23. The van der Waals surface area contributed by atoms with Crippen LogP contribution in [0.1, 0.15) is 107 Å². The van der Waals surface area contributed by atoms with Gasteiger partial charge in [0.1, 0.15) is 0 Å².